The second kappa shape index (κ2) is 5.30. The number of carboxylic acid groups (broad SMARTS) is 1. The van der Waals surface area contributed by atoms with Gasteiger partial charge in [0.05, 0.1) is 11.1 Å². The minimum atomic E-state index is -1.03. The molecule has 0 saturated carbocycles. The number of fused-ring (bicyclic) bond motifs is 2. The van der Waals surface area contributed by atoms with Gasteiger partial charge in [0.2, 0.25) is 0 Å². The number of para-hydroxylation sites is 1. The second-order valence-electron chi connectivity index (χ2n) is 5.42. The molecule has 2 atom stereocenters. The number of benzene rings is 2. The minimum Gasteiger partial charge on any atom is -0.478 e. The fraction of sp³-hybridized carbons (Fsp3) is 0.188. The highest BCUT2D eigenvalue weighted by atomic mass is 35.5. The molecular formula is C16H11Cl2NO4. The van der Waals surface area contributed by atoms with Crippen LogP contribution >= 0.6 is 23.2 Å². The van der Waals surface area contributed by atoms with Crippen molar-refractivity contribution in [3.63, 3.8) is 0 Å². The van der Waals surface area contributed by atoms with E-state index in [9.17, 15) is 4.79 Å². The summed E-state index contributed by atoms with van der Waals surface area (Å²) < 4.78 is 5.40. The number of aliphatic carboxylic acids is 1. The molecule has 2 aromatic rings. The molecule has 4 rings (SSSR count). The monoisotopic (exact) mass is 351 g/mol. The Hall–Kier alpha value is -1.95. The summed E-state index contributed by atoms with van der Waals surface area (Å²) in [5, 5.41) is 9.68. The number of hydroxylamine groups is 1. The van der Waals surface area contributed by atoms with Crippen LogP contribution in [0.1, 0.15) is 22.7 Å². The Labute approximate surface area is 141 Å². The molecule has 0 saturated heterocycles. The number of ether oxygens (including phenoxy) is 1. The van der Waals surface area contributed by atoms with Gasteiger partial charge in [-0.1, -0.05) is 41.4 Å². The third-order valence-electron chi connectivity index (χ3n) is 4.04. The lowest BCUT2D eigenvalue weighted by molar-refractivity contribution is -0.144. The van der Waals surface area contributed by atoms with Crippen LogP contribution in [-0.2, 0) is 11.2 Å². The van der Waals surface area contributed by atoms with E-state index in [0.29, 0.717) is 10.8 Å². The molecule has 7 heteroatoms. The molecule has 23 heavy (non-hydrogen) atoms. The first kappa shape index (κ1) is 14.6. The number of carbonyl (C=O) groups is 1. The van der Waals surface area contributed by atoms with Gasteiger partial charge in [0.1, 0.15) is 10.8 Å². The molecule has 5 nitrogen and oxygen atoms in total. The fourth-order valence-electron chi connectivity index (χ4n) is 2.92. The minimum absolute atomic E-state index is 0.231. The van der Waals surface area contributed by atoms with Crippen LogP contribution in [0.2, 0.25) is 10.0 Å². The van der Waals surface area contributed by atoms with Crippen LogP contribution in [0.5, 0.6) is 11.5 Å². The molecular weight excluding hydrogens is 341 g/mol. The zero-order valence-electron chi connectivity index (χ0n) is 11.7. The summed E-state index contributed by atoms with van der Waals surface area (Å²) in [7, 11) is 0. The van der Waals surface area contributed by atoms with E-state index in [2.05, 4.69) is 5.48 Å². The Morgan fingerprint density at radius 3 is 2.78 bits per heavy atom. The molecule has 0 radical (unpaired) electrons. The molecule has 118 valence electrons. The molecule has 2 N–H and O–H groups in total. The van der Waals surface area contributed by atoms with E-state index in [-0.39, 0.29) is 17.5 Å². The lowest BCUT2D eigenvalue weighted by Crippen LogP contribution is -2.24. The molecule has 2 aromatic carbocycles. The average molecular weight is 352 g/mol. The molecule has 2 aliphatic heterocycles. The van der Waals surface area contributed by atoms with Crippen molar-refractivity contribution in [2.24, 2.45) is 0 Å². The van der Waals surface area contributed by atoms with Crippen LogP contribution in [-0.4, -0.2) is 17.2 Å². The average Bonchev–Trinajstić information content (AvgIpc) is 3.15. The highest BCUT2D eigenvalue weighted by molar-refractivity contribution is 6.43. The molecule has 0 amide bonds. The van der Waals surface area contributed by atoms with Gasteiger partial charge in [0, 0.05) is 17.5 Å². The summed E-state index contributed by atoms with van der Waals surface area (Å²) in [5.41, 5.74) is 5.34. The van der Waals surface area contributed by atoms with Crippen LogP contribution in [0.25, 0.3) is 0 Å². The first-order valence-electron chi connectivity index (χ1n) is 6.97. The number of hydrogen-bond donors (Lipinski definition) is 2. The summed E-state index contributed by atoms with van der Waals surface area (Å²) in [5.74, 6) is 0.0486. The Morgan fingerprint density at radius 2 is 2.00 bits per heavy atom. The summed E-state index contributed by atoms with van der Waals surface area (Å²) in [6.45, 7) is 0. The van der Waals surface area contributed by atoms with Gasteiger partial charge in [-0.15, -0.1) is 5.48 Å². The maximum Gasteiger partial charge on any atom is 0.345 e. The molecule has 0 spiro atoms. The van der Waals surface area contributed by atoms with E-state index in [1.165, 1.54) is 0 Å². The van der Waals surface area contributed by atoms with E-state index in [4.69, 9.17) is 37.9 Å². The Bertz CT molecular complexity index is 824. The van der Waals surface area contributed by atoms with E-state index < -0.39 is 12.1 Å². The lowest BCUT2D eigenvalue weighted by Gasteiger charge is -2.15. The number of halogens is 2. The molecule has 2 aliphatic rings. The molecule has 0 bridgehead atoms. The van der Waals surface area contributed by atoms with Crippen molar-refractivity contribution in [1.82, 2.24) is 5.48 Å². The van der Waals surface area contributed by atoms with Crippen molar-refractivity contribution in [3.05, 3.63) is 57.1 Å². The van der Waals surface area contributed by atoms with Gasteiger partial charge < -0.3 is 14.7 Å². The topological polar surface area (TPSA) is 67.8 Å². The number of hydrogen-bond acceptors (Lipinski definition) is 4. The van der Waals surface area contributed by atoms with Gasteiger partial charge in [-0.2, -0.15) is 0 Å². The van der Waals surface area contributed by atoms with Crippen LogP contribution < -0.4 is 15.1 Å². The number of carboxylic acids is 1. The predicted octanol–water partition coefficient (Wildman–Crippen LogP) is 3.37. The van der Waals surface area contributed by atoms with Crippen LogP contribution in [0.3, 0.4) is 0 Å². The van der Waals surface area contributed by atoms with E-state index in [1.807, 2.05) is 30.3 Å². The lowest BCUT2D eigenvalue weighted by atomic mass is 9.96. The SMILES string of the molecule is O=C(O)C1Cc2cc(C3NOc4ccccc43)c(Cl)c(Cl)c2O1. The maximum absolute atomic E-state index is 11.1. The highest BCUT2D eigenvalue weighted by Crippen LogP contribution is 2.46. The third-order valence-corrected chi connectivity index (χ3v) is 4.90. The summed E-state index contributed by atoms with van der Waals surface area (Å²) in [6.07, 6.45) is -0.682. The summed E-state index contributed by atoms with van der Waals surface area (Å²) in [4.78, 5) is 16.6. The summed E-state index contributed by atoms with van der Waals surface area (Å²) in [6, 6.07) is 9.14. The third kappa shape index (κ3) is 2.24. The maximum atomic E-state index is 11.1. The van der Waals surface area contributed by atoms with Crippen molar-refractivity contribution in [2.75, 3.05) is 0 Å². The second-order valence-corrected chi connectivity index (χ2v) is 6.18. The van der Waals surface area contributed by atoms with Gasteiger partial charge in [0.25, 0.3) is 0 Å². The standard InChI is InChI=1S/C16H11Cl2NO4/c17-12-9(14-8-3-1-2-4-10(8)23-19-14)5-7-6-11(16(20)21)22-15(7)13(12)18/h1-5,11,14,19H,6H2,(H,20,21). The Balaban J connectivity index is 1.79. The molecule has 2 unspecified atom stereocenters. The molecule has 0 aliphatic carbocycles. The number of rotatable bonds is 2. The van der Waals surface area contributed by atoms with Gasteiger partial charge in [-0.05, 0) is 17.7 Å². The van der Waals surface area contributed by atoms with Crippen molar-refractivity contribution in [3.8, 4) is 11.5 Å². The Kier molecular flexibility index (Phi) is 3.37. The summed E-state index contributed by atoms with van der Waals surface area (Å²) >= 11 is 12.7. The fourth-order valence-corrected chi connectivity index (χ4v) is 3.45. The number of nitrogens with one attached hydrogen (secondary N) is 1. The van der Waals surface area contributed by atoms with Crippen molar-refractivity contribution >= 4 is 29.2 Å². The van der Waals surface area contributed by atoms with Gasteiger partial charge in [-0.25, -0.2) is 4.79 Å². The zero-order chi connectivity index (χ0) is 16.1. The van der Waals surface area contributed by atoms with E-state index >= 15 is 0 Å². The van der Waals surface area contributed by atoms with Crippen LogP contribution in [0, 0.1) is 0 Å². The van der Waals surface area contributed by atoms with Crippen LogP contribution in [0.4, 0.5) is 0 Å². The predicted molar refractivity (Wildman–Crippen MR) is 84.3 cm³/mol. The quantitative estimate of drug-likeness (QED) is 0.868. The van der Waals surface area contributed by atoms with Crippen LogP contribution in [0.15, 0.2) is 30.3 Å². The van der Waals surface area contributed by atoms with Crippen molar-refractivity contribution in [1.29, 1.82) is 0 Å². The first-order valence-corrected chi connectivity index (χ1v) is 7.73. The van der Waals surface area contributed by atoms with E-state index in [0.717, 1.165) is 22.4 Å². The Morgan fingerprint density at radius 1 is 1.22 bits per heavy atom. The first-order chi connectivity index (χ1) is 11.1. The highest BCUT2D eigenvalue weighted by Gasteiger charge is 2.35. The van der Waals surface area contributed by atoms with Gasteiger partial charge >= 0.3 is 5.97 Å². The van der Waals surface area contributed by atoms with Gasteiger partial charge in [0.15, 0.2) is 11.9 Å². The van der Waals surface area contributed by atoms with Gasteiger partial charge in [-0.3, -0.25) is 0 Å². The normalized spacial score (nSPS) is 21.3. The molecule has 2 heterocycles. The van der Waals surface area contributed by atoms with E-state index in [1.54, 1.807) is 0 Å². The zero-order valence-corrected chi connectivity index (χ0v) is 13.2. The molecule has 0 aromatic heterocycles. The largest absolute Gasteiger partial charge is 0.478 e. The molecule has 0 fully saturated rings. The van der Waals surface area contributed by atoms with Crippen molar-refractivity contribution in [2.45, 2.75) is 18.6 Å². The smallest absolute Gasteiger partial charge is 0.345 e. The van der Waals surface area contributed by atoms with Crippen molar-refractivity contribution < 1.29 is 19.5 Å².